The van der Waals surface area contributed by atoms with Gasteiger partial charge in [-0.15, -0.1) is 0 Å². The minimum Gasteiger partial charge on any atom is -0.268 e. The third-order valence-electron chi connectivity index (χ3n) is 2.72. The van der Waals surface area contributed by atoms with Crippen LogP contribution in [0.2, 0.25) is 0 Å². The second kappa shape index (κ2) is 2.82. The summed E-state index contributed by atoms with van der Waals surface area (Å²) in [5, 5.41) is 1.88. The molecule has 1 aromatic rings. The Morgan fingerprint density at radius 3 is 2.08 bits per heavy atom. The minimum absolute atomic E-state index is 0.473. The van der Waals surface area contributed by atoms with Crippen LogP contribution in [-0.2, 0) is 0 Å². The quantitative estimate of drug-likeness (QED) is 0.522. The van der Waals surface area contributed by atoms with Crippen LogP contribution >= 0.6 is 0 Å². The number of hydrogen-bond donors (Lipinski definition) is 1. The molecule has 1 fully saturated rings. The summed E-state index contributed by atoms with van der Waals surface area (Å²) in [6, 6.07) is 4.93. The molecule has 70 valence electrons. The van der Waals surface area contributed by atoms with Crippen LogP contribution in [0.25, 0.3) is 0 Å². The van der Waals surface area contributed by atoms with E-state index in [9.17, 15) is 0 Å². The maximum Gasteiger partial charge on any atom is 0.0637 e. The van der Waals surface area contributed by atoms with E-state index in [1.807, 2.05) is 5.01 Å². The maximum atomic E-state index is 5.71. The fourth-order valence-electron chi connectivity index (χ4n) is 2.13. The molecule has 0 aliphatic carbocycles. The Labute approximate surface area is 79.3 Å². The average Bonchev–Trinajstić information content (AvgIpc) is 2.64. The van der Waals surface area contributed by atoms with Gasteiger partial charge in [0, 0.05) is 6.54 Å². The van der Waals surface area contributed by atoms with E-state index < -0.39 is 0 Å². The van der Waals surface area contributed by atoms with E-state index >= 15 is 0 Å². The number of nitrogens with two attached hydrogens (primary N) is 1. The predicted octanol–water partition coefficient (Wildman–Crippen LogP) is 1.84. The molecular formula is C11H16N2. The van der Waals surface area contributed by atoms with Crippen LogP contribution in [0, 0.1) is 20.8 Å². The Morgan fingerprint density at radius 2 is 1.69 bits per heavy atom. The van der Waals surface area contributed by atoms with E-state index in [1.165, 1.54) is 22.3 Å². The SMILES string of the molecule is Cc1cc(C)c(C2CN2N)c(C)c1. The third kappa shape index (κ3) is 1.47. The molecule has 13 heavy (non-hydrogen) atoms. The molecule has 2 unspecified atom stereocenters. The van der Waals surface area contributed by atoms with Crippen molar-refractivity contribution in [2.75, 3.05) is 6.54 Å². The van der Waals surface area contributed by atoms with Crippen LogP contribution in [-0.4, -0.2) is 11.6 Å². The van der Waals surface area contributed by atoms with E-state index in [-0.39, 0.29) is 0 Å². The van der Waals surface area contributed by atoms with Gasteiger partial charge in [-0.05, 0) is 37.5 Å². The molecular weight excluding hydrogens is 160 g/mol. The van der Waals surface area contributed by atoms with Crippen molar-refractivity contribution in [2.45, 2.75) is 26.8 Å². The van der Waals surface area contributed by atoms with Crippen LogP contribution < -0.4 is 5.84 Å². The lowest BCUT2D eigenvalue weighted by molar-refractivity contribution is 0.546. The van der Waals surface area contributed by atoms with Crippen molar-refractivity contribution in [1.82, 2.24) is 5.01 Å². The topological polar surface area (TPSA) is 29.0 Å². The lowest BCUT2D eigenvalue weighted by Gasteiger charge is -2.09. The molecule has 0 bridgehead atoms. The smallest absolute Gasteiger partial charge is 0.0637 e. The number of nitrogens with zero attached hydrogens (tertiary/aromatic N) is 1. The molecule has 1 aliphatic rings. The van der Waals surface area contributed by atoms with Crippen molar-refractivity contribution in [3.05, 3.63) is 34.4 Å². The van der Waals surface area contributed by atoms with Crippen molar-refractivity contribution in [2.24, 2.45) is 5.84 Å². The molecule has 1 heterocycles. The molecule has 0 aromatic heterocycles. The van der Waals surface area contributed by atoms with Crippen molar-refractivity contribution < 1.29 is 0 Å². The Hall–Kier alpha value is -0.860. The van der Waals surface area contributed by atoms with Gasteiger partial charge in [0.25, 0.3) is 0 Å². The molecule has 2 N–H and O–H groups in total. The van der Waals surface area contributed by atoms with Gasteiger partial charge in [0.1, 0.15) is 0 Å². The lowest BCUT2D eigenvalue weighted by atomic mass is 9.97. The van der Waals surface area contributed by atoms with Gasteiger partial charge >= 0.3 is 0 Å². The van der Waals surface area contributed by atoms with Crippen molar-refractivity contribution >= 4 is 0 Å². The highest BCUT2D eigenvalue weighted by atomic mass is 15.5. The zero-order valence-electron chi connectivity index (χ0n) is 8.46. The molecule has 2 atom stereocenters. The first-order valence-electron chi connectivity index (χ1n) is 4.68. The highest BCUT2D eigenvalue weighted by Crippen LogP contribution is 2.35. The molecule has 2 rings (SSSR count). The van der Waals surface area contributed by atoms with Crippen LogP contribution in [0.5, 0.6) is 0 Å². The normalized spacial score (nSPS) is 26.2. The Balaban J connectivity index is 2.45. The van der Waals surface area contributed by atoms with E-state index in [1.54, 1.807) is 0 Å². The second-order valence-electron chi connectivity index (χ2n) is 4.02. The highest BCUT2D eigenvalue weighted by Gasteiger charge is 2.34. The summed E-state index contributed by atoms with van der Waals surface area (Å²) in [7, 11) is 0. The van der Waals surface area contributed by atoms with Crippen molar-refractivity contribution in [3.8, 4) is 0 Å². The predicted molar refractivity (Wildman–Crippen MR) is 54.3 cm³/mol. The molecule has 2 heteroatoms. The largest absolute Gasteiger partial charge is 0.268 e. The van der Waals surface area contributed by atoms with E-state index in [0.29, 0.717) is 6.04 Å². The third-order valence-corrected chi connectivity index (χ3v) is 2.72. The fourth-order valence-corrected chi connectivity index (χ4v) is 2.13. The zero-order chi connectivity index (χ0) is 9.59. The number of aryl methyl sites for hydroxylation is 3. The van der Waals surface area contributed by atoms with Gasteiger partial charge < -0.3 is 0 Å². The van der Waals surface area contributed by atoms with Gasteiger partial charge in [0.15, 0.2) is 0 Å². The molecule has 0 amide bonds. The number of benzene rings is 1. The molecule has 1 saturated heterocycles. The Kier molecular flexibility index (Phi) is 1.90. The van der Waals surface area contributed by atoms with E-state index in [2.05, 4.69) is 32.9 Å². The Morgan fingerprint density at radius 1 is 1.23 bits per heavy atom. The molecule has 1 aliphatic heterocycles. The summed E-state index contributed by atoms with van der Waals surface area (Å²) in [5.41, 5.74) is 5.50. The summed E-state index contributed by atoms with van der Waals surface area (Å²) >= 11 is 0. The van der Waals surface area contributed by atoms with Gasteiger partial charge in [-0.2, -0.15) is 0 Å². The standard InChI is InChI=1S/C11H16N2/c1-7-4-8(2)11(9(3)5-7)10-6-13(10)12/h4-5,10H,6,12H2,1-3H3. The van der Waals surface area contributed by atoms with Gasteiger partial charge in [0.05, 0.1) is 6.04 Å². The van der Waals surface area contributed by atoms with Crippen LogP contribution in [0.1, 0.15) is 28.3 Å². The van der Waals surface area contributed by atoms with Gasteiger partial charge in [-0.1, -0.05) is 17.7 Å². The first-order valence-corrected chi connectivity index (χ1v) is 4.68. The molecule has 1 aromatic carbocycles. The highest BCUT2D eigenvalue weighted by molar-refractivity contribution is 5.41. The van der Waals surface area contributed by atoms with Crippen molar-refractivity contribution in [1.29, 1.82) is 0 Å². The Bertz CT molecular complexity index is 321. The van der Waals surface area contributed by atoms with E-state index in [4.69, 9.17) is 5.84 Å². The lowest BCUT2D eigenvalue weighted by Crippen LogP contribution is -2.07. The summed E-state index contributed by atoms with van der Waals surface area (Å²) in [4.78, 5) is 0. The zero-order valence-corrected chi connectivity index (χ0v) is 8.46. The first-order chi connectivity index (χ1) is 6.09. The summed E-state index contributed by atoms with van der Waals surface area (Å²) in [5.74, 6) is 5.71. The number of hydrazine groups is 1. The summed E-state index contributed by atoms with van der Waals surface area (Å²) in [6.07, 6.45) is 0. The molecule has 0 radical (unpaired) electrons. The minimum atomic E-state index is 0.473. The van der Waals surface area contributed by atoms with E-state index in [0.717, 1.165) is 6.54 Å². The van der Waals surface area contributed by atoms with Crippen LogP contribution in [0.3, 0.4) is 0 Å². The molecule has 2 nitrogen and oxygen atoms in total. The average molecular weight is 176 g/mol. The van der Waals surface area contributed by atoms with Crippen LogP contribution in [0.15, 0.2) is 12.1 Å². The fraction of sp³-hybridized carbons (Fsp3) is 0.455. The summed E-state index contributed by atoms with van der Waals surface area (Å²) < 4.78 is 0. The number of rotatable bonds is 1. The molecule has 0 spiro atoms. The summed E-state index contributed by atoms with van der Waals surface area (Å²) in [6.45, 7) is 7.48. The van der Waals surface area contributed by atoms with Crippen LogP contribution in [0.4, 0.5) is 0 Å². The van der Waals surface area contributed by atoms with Gasteiger partial charge in [-0.25, -0.2) is 5.01 Å². The maximum absolute atomic E-state index is 5.71. The van der Waals surface area contributed by atoms with Gasteiger partial charge in [-0.3, -0.25) is 5.84 Å². The van der Waals surface area contributed by atoms with Crippen molar-refractivity contribution in [3.63, 3.8) is 0 Å². The first kappa shape index (κ1) is 8.73. The second-order valence-corrected chi connectivity index (χ2v) is 4.02. The molecule has 0 saturated carbocycles. The monoisotopic (exact) mass is 176 g/mol. The van der Waals surface area contributed by atoms with Gasteiger partial charge in [0.2, 0.25) is 0 Å². The number of hydrogen-bond acceptors (Lipinski definition) is 2.